The molecule has 0 aromatic heterocycles. The van der Waals surface area contributed by atoms with E-state index in [4.69, 9.17) is 9.15 Å². The number of halogens is 1. The molecule has 1 aromatic carbocycles. The van der Waals surface area contributed by atoms with Crippen molar-refractivity contribution in [3.63, 3.8) is 0 Å². The van der Waals surface area contributed by atoms with E-state index in [1.807, 2.05) is 4.98 Å². The number of benzene rings is 1. The van der Waals surface area contributed by atoms with E-state index in [0.29, 0.717) is 12.0 Å². The van der Waals surface area contributed by atoms with Crippen LogP contribution in [0.2, 0.25) is 0 Å². The number of H-pyrrole nitrogens is 1. The first-order valence-electron chi connectivity index (χ1n) is 7.53. The van der Waals surface area contributed by atoms with Crippen molar-refractivity contribution in [1.29, 1.82) is 0 Å². The molecule has 1 N–H and O–H groups in total. The van der Waals surface area contributed by atoms with E-state index in [1.165, 1.54) is 18.2 Å². The largest absolute Gasteiger partial charge is 0.490 e. The number of hydrogen-bond acceptors (Lipinski definition) is 5. The Balaban J connectivity index is 2.04. The zero-order valence-corrected chi connectivity index (χ0v) is 13.6. The van der Waals surface area contributed by atoms with Gasteiger partial charge in [-0.1, -0.05) is 20.8 Å². The molecule has 126 valence electrons. The second-order valence-electron chi connectivity index (χ2n) is 6.82. The van der Waals surface area contributed by atoms with Gasteiger partial charge in [-0.3, -0.25) is 9.78 Å². The van der Waals surface area contributed by atoms with Gasteiger partial charge >= 0.3 is 5.69 Å². The summed E-state index contributed by atoms with van der Waals surface area (Å²) < 4.78 is 25.2. The van der Waals surface area contributed by atoms with Crippen LogP contribution < -0.4 is 16.0 Å². The number of aromatic nitrogens is 2. The van der Waals surface area contributed by atoms with Gasteiger partial charge in [0.15, 0.2) is 11.6 Å². The van der Waals surface area contributed by atoms with Crippen molar-refractivity contribution in [3.05, 3.63) is 44.9 Å². The summed E-state index contributed by atoms with van der Waals surface area (Å²) in [6.45, 7) is 6.57. The van der Waals surface area contributed by atoms with Gasteiger partial charge in [-0.15, -0.1) is 0 Å². The van der Waals surface area contributed by atoms with Crippen molar-refractivity contribution < 1.29 is 13.5 Å². The molecule has 7 heteroatoms. The van der Waals surface area contributed by atoms with Crippen molar-refractivity contribution >= 4 is 11.0 Å². The quantitative estimate of drug-likeness (QED) is 0.745. The molecule has 6 nitrogen and oxygen atoms in total. The lowest BCUT2D eigenvalue weighted by Gasteiger charge is -2.18. The summed E-state index contributed by atoms with van der Waals surface area (Å²) in [6, 6.07) is 4.07. The first-order chi connectivity index (χ1) is 11.2. The van der Waals surface area contributed by atoms with Crippen molar-refractivity contribution in [1.82, 2.24) is 9.97 Å². The van der Waals surface area contributed by atoms with Gasteiger partial charge in [0.25, 0.3) is 5.56 Å². The van der Waals surface area contributed by atoms with Crippen LogP contribution >= 0.6 is 0 Å². The second kappa shape index (κ2) is 5.74. The highest BCUT2D eigenvalue weighted by molar-refractivity contribution is 5.83. The summed E-state index contributed by atoms with van der Waals surface area (Å²) in [5, 5.41) is 0.383. The molecule has 0 spiro atoms. The van der Waals surface area contributed by atoms with E-state index in [1.54, 1.807) is 0 Å². The molecule has 3 rings (SSSR count). The van der Waals surface area contributed by atoms with Gasteiger partial charge in [-0.05, 0) is 24.0 Å². The third-order valence-corrected chi connectivity index (χ3v) is 3.58. The molecular formula is C17H17FN2O4. The topological polar surface area (TPSA) is 85.2 Å². The van der Waals surface area contributed by atoms with Crippen molar-refractivity contribution in [3.8, 4) is 17.2 Å². The van der Waals surface area contributed by atoms with Gasteiger partial charge in [-0.25, -0.2) is 9.18 Å². The van der Waals surface area contributed by atoms with E-state index in [-0.39, 0.29) is 28.2 Å². The van der Waals surface area contributed by atoms with E-state index in [2.05, 4.69) is 25.8 Å². The number of aromatic amines is 1. The highest BCUT2D eigenvalue weighted by atomic mass is 19.1. The number of fused-ring (bicyclic) bond motifs is 2. The first-order valence-corrected chi connectivity index (χ1v) is 7.53. The Morgan fingerprint density at radius 2 is 2.00 bits per heavy atom. The molecule has 1 aromatic rings. The summed E-state index contributed by atoms with van der Waals surface area (Å²) in [4.78, 5) is 28.7. The first kappa shape index (κ1) is 16.2. The number of nitrogens with one attached hydrogen (secondary N) is 1. The Morgan fingerprint density at radius 3 is 2.71 bits per heavy atom. The maximum absolute atomic E-state index is 14.2. The molecule has 0 aliphatic carbocycles. The molecular weight excluding hydrogens is 315 g/mol. The molecule has 24 heavy (non-hydrogen) atoms. The second-order valence-corrected chi connectivity index (χ2v) is 6.82. The third kappa shape index (κ3) is 3.29. The molecule has 0 fully saturated rings. The van der Waals surface area contributed by atoms with E-state index < -0.39 is 17.1 Å². The van der Waals surface area contributed by atoms with Gasteiger partial charge < -0.3 is 9.15 Å². The Labute approximate surface area is 136 Å². The van der Waals surface area contributed by atoms with Crippen LogP contribution in [0, 0.1) is 11.2 Å². The molecule has 0 bridgehead atoms. The van der Waals surface area contributed by atoms with Crippen LogP contribution in [-0.2, 0) is 0 Å². The standard InChI is InChI=1S/C17H17FN2O4/c1-17(2,3)4-5-23-13-8-12-9(7-11(13)18)6-10-14(21)19-16(22)20-15(10)24-12/h6-8H,4-5H2,1-3H3,(H,19,21,22). The van der Waals surface area contributed by atoms with E-state index in [0.717, 1.165) is 6.42 Å². The van der Waals surface area contributed by atoms with Crippen LogP contribution in [-0.4, -0.2) is 16.6 Å². The lowest BCUT2D eigenvalue weighted by atomic mass is 9.93. The van der Waals surface area contributed by atoms with Gasteiger partial charge in [0.05, 0.1) is 6.61 Å². The molecule has 0 atom stereocenters. The molecule has 0 saturated carbocycles. The van der Waals surface area contributed by atoms with Crippen LogP contribution in [0.1, 0.15) is 27.2 Å². The van der Waals surface area contributed by atoms with Crippen LogP contribution in [0.15, 0.2) is 32.2 Å². The Hall–Kier alpha value is -2.70. The van der Waals surface area contributed by atoms with Gasteiger partial charge in [0, 0.05) is 11.5 Å². The number of nitrogens with zero attached hydrogens (tertiary/aromatic N) is 1. The highest BCUT2D eigenvalue weighted by Crippen LogP contribution is 2.29. The van der Waals surface area contributed by atoms with Crippen LogP contribution in [0.4, 0.5) is 4.39 Å². The van der Waals surface area contributed by atoms with Crippen molar-refractivity contribution in [2.75, 3.05) is 6.61 Å². The average molecular weight is 332 g/mol. The number of hydrogen-bond donors (Lipinski definition) is 1. The Bertz CT molecular complexity index is 985. The molecule has 2 aliphatic rings. The summed E-state index contributed by atoms with van der Waals surface area (Å²) in [5.41, 5.74) is -0.973. The van der Waals surface area contributed by atoms with Crippen LogP contribution in [0.25, 0.3) is 22.4 Å². The maximum Gasteiger partial charge on any atom is 0.351 e. The molecule has 0 radical (unpaired) electrons. The number of ether oxygens (including phenoxy) is 1. The Morgan fingerprint density at radius 1 is 1.25 bits per heavy atom. The SMILES string of the molecule is CC(C)(C)CCOc1cc2oc3nc(=O)[nH]c(=O)c-3cc2cc1F. The molecule has 0 amide bonds. The predicted octanol–water partition coefficient (Wildman–Crippen LogP) is 2.94. The van der Waals surface area contributed by atoms with Gasteiger partial charge in [-0.2, -0.15) is 4.98 Å². The minimum absolute atomic E-state index is 0.0574. The summed E-state index contributed by atoms with van der Waals surface area (Å²) >= 11 is 0. The van der Waals surface area contributed by atoms with Gasteiger partial charge in [0.2, 0.25) is 5.89 Å². The smallest absolute Gasteiger partial charge is 0.351 e. The normalized spacial score (nSPS) is 12.0. The highest BCUT2D eigenvalue weighted by Gasteiger charge is 2.17. The fourth-order valence-corrected chi connectivity index (χ4v) is 2.24. The summed E-state index contributed by atoms with van der Waals surface area (Å²) in [6.07, 6.45) is 0.760. The molecule has 0 unspecified atom stereocenters. The fourth-order valence-electron chi connectivity index (χ4n) is 2.24. The Kier molecular flexibility index (Phi) is 3.87. The lowest BCUT2D eigenvalue weighted by Crippen LogP contribution is -2.24. The number of rotatable bonds is 3. The summed E-state index contributed by atoms with van der Waals surface area (Å²) in [7, 11) is 0. The minimum Gasteiger partial charge on any atom is -0.490 e. The van der Waals surface area contributed by atoms with Gasteiger partial charge in [0.1, 0.15) is 11.1 Å². The monoisotopic (exact) mass is 332 g/mol. The van der Waals surface area contributed by atoms with Crippen LogP contribution in [0.3, 0.4) is 0 Å². The maximum atomic E-state index is 14.2. The predicted molar refractivity (Wildman–Crippen MR) is 87.0 cm³/mol. The molecule has 2 heterocycles. The molecule has 2 aliphatic heterocycles. The third-order valence-electron chi connectivity index (χ3n) is 3.58. The lowest BCUT2D eigenvalue weighted by molar-refractivity contribution is 0.235. The molecule has 0 saturated heterocycles. The average Bonchev–Trinajstić information content (AvgIpc) is 2.45. The zero-order chi connectivity index (χ0) is 17.5. The van der Waals surface area contributed by atoms with Crippen molar-refractivity contribution in [2.45, 2.75) is 27.2 Å². The fraction of sp³-hybridized carbons (Fsp3) is 0.353. The van der Waals surface area contributed by atoms with Crippen molar-refractivity contribution in [2.24, 2.45) is 5.41 Å². The van der Waals surface area contributed by atoms with E-state index in [9.17, 15) is 14.0 Å². The van der Waals surface area contributed by atoms with E-state index >= 15 is 0 Å². The minimum atomic E-state index is -0.792. The zero-order valence-electron chi connectivity index (χ0n) is 13.6. The summed E-state index contributed by atoms with van der Waals surface area (Å²) in [5.74, 6) is -0.582. The van der Waals surface area contributed by atoms with Crippen LogP contribution in [0.5, 0.6) is 5.75 Å².